The molecule has 21 heteroatoms. The minimum absolute atomic E-state index is 0. The van der Waals surface area contributed by atoms with Crippen LogP contribution in [-0.2, 0) is 0 Å². The molecule has 0 radical (unpaired) electrons. The molecule has 0 aliphatic heterocycles. The number of rotatable bonds is 0. The van der Waals surface area contributed by atoms with Crippen LogP contribution < -0.4 is 0 Å². The Labute approximate surface area is 159 Å². The first-order valence-corrected chi connectivity index (χ1v) is 3.87. The molecule has 15 N–H and O–H groups in total. The van der Waals surface area contributed by atoms with Crippen molar-refractivity contribution < 1.29 is 78.2 Å². The Morgan fingerprint density at radius 1 is 0.286 bits per heavy atom. The molecule has 0 fully saturated rings. The van der Waals surface area contributed by atoms with Crippen molar-refractivity contribution >= 4 is 82.1 Å². The molecule has 21 heavy (non-hydrogen) atoms. The van der Waals surface area contributed by atoms with Crippen molar-refractivity contribution in [2.45, 2.75) is 0 Å². The molecule has 0 bridgehead atoms. The van der Waals surface area contributed by atoms with Crippen molar-refractivity contribution in [3.8, 4) is 0 Å². The van der Waals surface area contributed by atoms with Crippen LogP contribution in [0.3, 0.4) is 0 Å². The third kappa shape index (κ3) is 5380. The zero-order valence-electron chi connectivity index (χ0n) is 12.3. The minimum Gasteiger partial charge on any atom is -1.00 e. The minimum atomic E-state index is -2.17. The summed E-state index contributed by atoms with van der Waals surface area (Å²) in [6.45, 7) is 0. The predicted octanol–water partition coefficient (Wildman–Crippen LogP) is -10.4. The van der Waals surface area contributed by atoms with Crippen LogP contribution in [0.25, 0.3) is 0 Å². The maximum atomic E-state index is 7.17. The zero-order chi connectivity index (χ0) is 17.9. The van der Waals surface area contributed by atoms with Crippen molar-refractivity contribution in [3.05, 3.63) is 0 Å². The average molecular weight is 399 g/mol. The average Bonchev–Trinajstić information content (AvgIpc) is 1.94. The maximum Gasteiger partial charge on any atom is 2.00 e. The quantitative estimate of drug-likeness (QED) is 0.168. The normalized spacial score (nSPS) is 6.43. The first-order chi connectivity index (χ1) is 8.66. The van der Waals surface area contributed by atoms with Gasteiger partial charge in [0.2, 0.25) is 0 Å². The molecule has 0 aromatic heterocycles. The van der Waals surface area contributed by atoms with Gasteiger partial charge in [-0.3, -0.25) is 0 Å². The second-order valence-corrected chi connectivity index (χ2v) is 1.73. The molecule has 0 saturated heterocycles. The van der Waals surface area contributed by atoms with E-state index in [2.05, 4.69) is 0 Å². The SMILES string of the molecule is OB(O)O.OB(O)O.OB(O)O.OB(O)O.OB(O)O.[H-].[H-].[Sr+2]. The Bertz CT molecular complexity index is 90.4. The van der Waals surface area contributed by atoms with Gasteiger partial charge in [-0.2, -0.15) is 0 Å². The van der Waals surface area contributed by atoms with Gasteiger partial charge in [-0.15, -0.1) is 0 Å². The molecule has 124 valence electrons. The molecule has 0 atom stereocenters. The van der Waals surface area contributed by atoms with Crippen molar-refractivity contribution in [1.29, 1.82) is 0 Å². The van der Waals surface area contributed by atoms with Gasteiger partial charge in [0.25, 0.3) is 0 Å². The van der Waals surface area contributed by atoms with Gasteiger partial charge in [-0.1, -0.05) is 0 Å². The second kappa shape index (κ2) is 33.0. The Balaban J connectivity index is -0.0000000197. The molecule has 0 unspecified atom stereocenters. The van der Waals surface area contributed by atoms with E-state index >= 15 is 0 Å². The smallest absolute Gasteiger partial charge is 1.00 e. The molecule has 0 aromatic carbocycles. The van der Waals surface area contributed by atoms with E-state index < -0.39 is 36.6 Å². The van der Waals surface area contributed by atoms with E-state index in [0.717, 1.165) is 0 Å². The van der Waals surface area contributed by atoms with Crippen molar-refractivity contribution in [3.63, 3.8) is 0 Å². The maximum absolute atomic E-state index is 7.17. The molecule has 0 saturated carbocycles. The molecule has 0 aliphatic carbocycles. The summed E-state index contributed by atoms with van der Waals surface area (Å²) < 4.78 is 0. The van der Waals surface area contributed by atoms with Crippen LogP contribution in [0.5, 0.6) is 0 Å². The Kier molecular flexibility index (Phi) is 59.7. The largest absolute Gasteiger partial charge is 2.00 e. The Morgan fingerprint density at radius 3 is 0.286 bits per heavy atom. The van der Waals surface area contributed by atoms with Gasteiger partial charge in [-0.05, 0) is 0 Å². The van der Waals surface area contributed by atoms with Crippen LogP contribution in [-0.4, -0.2) is 157 Å². The summed E-state index contributed by atoms with van der Waals surface area (Å²) in [7, 11) is -10.8. The molecular weight excluding hydrogens is 382 g/mol. The van der Waals surface area contributed by atoms with Crippen molar-refractivity contribution in [1.82, 2.24) is 0 Å². The van der Waals surface area contributed by atoms with Gasteiger partial charge in [0.15, 0.2) is 0 Å². The van der Waals surface area contributed by atoms with E-state index in [1.165, 1.54) is 0 Å². The van der Waals surface area contributed by atoms with Crippen molar-refractivity contribution in [2.75, 3.05) is 0 Å². The molecule has 0 heterocycles. The summed E-state index contributed by atoms with van der Waals surface area (Å²) in [6, 6.07) is 0. The Morgan fingerprint density at radius 2 is 0.286 bits per heavy atom. The van der Waals surface area contributed by atoms with E-state index in [1.54, 1.807) is 0 Å². The third-order valence-corrected chi connectivity index (χ3v) is 0. The molecule has 0 spiro atoms. The molecule has 0 aromatic rings. The van der Waals surface area contributed by atoms with Crippen LogP contribution >= 0.6 is 0 Å². The van der Waals surface area contributed by atoms with Crippen LogP contribution in [0.2, 0.25) is 0 Å². The molecule has 0 rings (SSSR count). The van der Waals surface area contributed by atoms with Crippen molar-refractivity contribution in [2.24, 2.45) is 0 Å². The standard InChI is InChI=1S/5BH3O3.Sr.2H/c5*2-1(3)4;;;/h5*2-4H;;;/q;;;;;+2;2*-1. The van der Waals surface area contributed by atoms with Crippen LogP contribution in [0.1, 0.15) is 2.85 Å². The van der Waals surface area contributed by atoms with Gasteiger partial charge in [0.05, 0.1) is 0 Å². The second-order valence-electron chi connectivity index (χ2n) is 1.73. The van der Waals surface area contributed by atoms with Gasteiger partial charge < -0.3 is 78.2 Å². The van der Waals surface area contributed by atoms with E-state index in [9.17, 15) is 0 Å². The third-order valence-electron chi connectivity index (χ3n) is 0. The van der Waals surface area contributed by atoms with Gasteiger partial charge >= 0.3 is 82.1 Å². The fourth-order valence-corrected chi connectivity index (χ4v) is 0. The van der Waals surface area contributed by atoms with E-state index in [0.29, 0.717) is 0 Å². The van der Waals surface area contributed by atoms with Gasteiger partial charge in [0, 0.05) is 0 Å². The summed E-state index contributed by atoms with van der Waals surface area (Å²) in [5, 5.41) is 108. The Hall–Kier alpha value is 1.21. The molecule has 0 aliphatic rings. The van der Waals surface area contributed by atoms with E-state index in [-0.39, 0.29) is 48.3 Å². The van der Waals surface area contributed by atoms with Gasteiger partial charge in [-0.25, -0.2) is 0 Å². The molecule has 15 nitrogen and oxygen atoms in total. The predicted molar refractivity (Wildman–Crippen MR) is 70.0 cm³/mol. The molecular formula is H17B5O15Sr. The van der Waals surface area contributed by atoms with E-state index in [4.69, 9.17) is 75.4 Å². The topological polar surface area (TPSA) is 303 Å². The van der Waals surface area contributed by atoms with Gasteiger partial charge in [0.1, 0.15) is 0 Å². The van der Waals surface area contributed by atoms with Crippen LogP contribution in [0, 0.1) is 0 Å². The first kappa shape index (κ1) is 38.0. The number of hydrogen-bond donors (Lipinski definition) is 15. The summed E-state index contributed by atoms with van der Waals surface area (Å²) in [6.07, 6.45) is 0. The first-order valence-electron chi connectivity index (χ1n) is 3.87. The summed E-state index contributed by atoms with van der Waals surface area (Å²) in [5.41, 5.74) is 0. The monoisotopic (exact) mass is 400 g/mol. The summed E-state index contributed by atoms with van der Waals surface area (Å²) in [4.78, 5) is 0. The fourth-order valence-electron chi connectivity index (χ4n) is 0. The van der Waals surface area contributed by atoms with Crippen LogP contribution in [0.4, 0.5) is 0 Å². The zero-order valence-corrected chi connectivity index (χ0v) is 13.8. The van der Waals surface area contributed by atoms with E-state index in [1.807, 2.05) is 0 Å². The molecule has 0 amide bonds. The summed E-state index contributed by atoms with van der Waals surface area (Å²) >= 11 is 0. The fraction of sp³-hybridized carbons (Fsp3) is 0. The number of hydrogen-bond acceptors (Lipinski definition) is 15. The van der Waals surface area contributed by atoms with Crippen LogP contribution in [0.15, 0.2) is 0 Å². The summed E-state index contributed by atoms with van der Waals surface area (Å²) in [5.74, 6) is 0.